The van der Waals surface area contributed by atoms with Gasteiger partial charge in [-0.2, -0.15) is 0 Å². The van der Waals surface area contributed by atoms with Gasteiger partial charge >= 0.3 is 0 Å². The van der Waals surface area contributed by atoms with E-state index in [4.69, 9.17) is 0 Å². The maximum absolute atomic E-state index is 13.5. The number of halogens is 3. The van der Waals surface area contributed by atoms with Crippen molar-refractivity contribution in [1.29, 1.82) is 0 Å². The van der Waals surface area contributed by atoms with Crippen molar-refractivity contribution in [3.05, 3.63) is 35.4 Å². The van der Waals surface area contributed by atoms with E-state index in [1.54, 1.807) is 0 Å². The third-order valence-electron chi connectivity index (χ3n) is 4.15. The van der Waals surface area contributed by atoms with E-state index in [1.807, 2.05) is 13.8 Å². The van der Waals surface area contributed by atoms with Crippen LogP contribution in [0.25, 0.3) is 0 Å². The average molecular weight is 383 g/mol. The van der Waals surface area contributed by atoms with Gasteiger partial charge in [-0.25, -0.2) is 21.9 Å². The third kappa shape index (κ3) is 5.95. The molecule has 1 heterocycles. The second kappa shape index (κ2) is 9.08. The summed E-state index contributed by atoms with van der Waals surface area (Å²) >= 11 is 0. The first-order chi connectivity index (χ1) is 10.8. The fourth-order valence-corrected chi connectivity index (χ4v) is 4.41. The van der Waals surface area contributed by atoms with E-state index in [1.165, 1.54) is 12.1 Å². The highest BCUT2D eigenvalue weighted by molar-refractivity contribution is 7.89. The Hall–Kier alpha value is -0.760. The molecule has 1 saturated heterocycles. The molecule has 0 aliphatic carbocycles. The van der Waals surface area contributed by atoms with Crippen LogP contribution in [0.2, 0.25) is 0 Å². The molecule has 0 saturated carbocycles. The summed E-state index contributed by atoms with van der Waals surface area (Å²) in [5, 5.41) is 3.15. The Morgan fingerprint density at radius 3 is 2.62 bits per heavy atom. The molecule has 1 aliphatic heterocycles. The van der Waals surface area contributed by atoms with E-state index in [-0.39, 0.29) is 30.1 Å². The summed E-state index contributed by atoms with van der Waals surface area (Å²) in [4.78, 5) is 0. The van der Waals surface area contributed by atoms with Gasteiger partial charge in [0, 0.05) is 18.5 Å². The summed E-state index contributed by atoms with van der Waals surface area (Å²) in [6.07, 6.45) is 1.26. The number of piperidine rings is 1. The molecule has 138 valence electrons. The minimum Gasteiger partial charge on any atom is -0.315 e. The summed E-state index contributed by atoms with van der Waals surface area (Å²) in [5.41, 5.74) is 0.627. The summed E-state index contributed by atoms with van der Waals surface area (Å²) in [7, 11) is -3.39. The van der Waals surface area contributed by atoms with Crippen LogP contribution in [0.4, 0.5) is 8.78 Å². The van der Waals surface area contributed by atoms with Gasteiger partial charge in [0.1, 0.15) is 0 Å². The highest BCUT2D eigenvalue weighted by atomic mass is 35.5. The van der Waals surface area contributed by atoms with Crippen molar-refractivity contribution in [1.82, 2.24) is 10.0 Å². The van der Waals surface area contributed by atoms with Crippen LogP contribution in [-0.2, 0) is 10.0 Å². The molecule has 0 radical (unpaired) electrons. The molecule has 0 amide bonds. The average Bonchev–Trinajstić information content (AvgIpc) is 2.48. The Morgan fingerprint density at radius 2 is 2.00 bits per heavy atom. The lowest BCUT2D eigenvalue weighted by atomic mass is 9.86. The Labute approximate surface area is 148 Å². The van der Waals surface area contributed by atoms with Crippen LogP contribution in [-0.4, -0.2) is 33.3 Å². The minimum atomic E-state index is -3.39. The van der Waals surface area contributed by atoms with Crippen LogP contribution < -0.4 is 10.0 Å². The Balaban J connectivity index is 0.00000288. The molecule has 1 aromatic rings. The van der Waals surface area contributed by atoms with Crippen LogP contribution >= 0.6 is 12.4 Å². The monoisotopic (exact) mass is 382 g/mol. The van der Waals surface area contributed by atoms with Gasteiger partial charge in [0.2, 0.25) is 10.0 Å². The van der Waals surface area contributed by atoms with Gasteiger partial charge in [0.15, 0.2) is 11.6 Å². The van der Waals surface area contributed by atoms with E-state index in [9.17, 15) is 17.2 Å². The molecule has 1 fully saturated rings. The first-order valence-corrected chi connectivity index (χ1v) is 9.59. The molecule has 0 spiro atoms. The van der Waals surface area contributed by atoms with E-state index >= 15 is 0 Å². The number of hydrogen-bond acceptors (Lipinski definition) is 3. The van der Waals surface area contributed by atoms with Crippen molar-refractivity contribution in [3.8, 4) is 0 Å². The maximum atomic E-state index is 13.5. The molecular formula is C16H25ClF2N2O2S. The number of sulfonamides is 1. The second-order valence-corrected chi connectivity index (χ2v) is 8.37. The van der Waals surface area contributed by atoms with Crippen molar-refractivity contribution in [2.75, 3.05) is 18.8 Å². The minimum absolute atomic E-state index is 0. The molecule has 2 atom stereocenters. The predicted molar refractivity (Wildman–Crippen MR) is 94.0 cm³/mol. The van der Waals surface area contributed by atoms with Crippen LogP contribution in [0, 0.1) is 17.6 Å². The van der Waals surface area contributed by atoms with Crippen molar-refractivity contribution in [2.45, 2.75) is 38.6 Å². The van der Waals surface area contributed by atoms with Gasteiger partial charge in [-0.1, -0.05) is 19.9 Å². The Morgan fingerprint density at radius 1 is 1.29 bits per heavy atom. The van der Waals surface area contributed by atoms with E-state index < -0.39 is 21.7 Å². The molecule has 24 heavy (non-hydrogen) atoms. The molecule has 0 aromatic heterocycles. The molecule has 2 N–H and O–H groups in total. The zero-order chi connectivity index (χ0) is 17.0. The molecule has 2 unspecified atom stereocenters. The van der Waals surface area contributed by atoms with Crippen LogP contribution in [0.3, 0.4) is 0 Å². The topological polar surface area (TPSA) is 58.2 Å². The zero-order valence-electron chi connectivity index (χ0n) is 13.9. The van der Waals surface area contributed by atoms with Gasteiger partial charge in [-0.05, 0) is 43.0 Å². The fraction of sp³-hybridized carbons (Fsp3) is 0.625. The largest absolute Gasteiger partial charge is 0.315 e. The Bertz CT molecular complexity index is 641. The third-order valence-corrected chi connectivity index (χ3v) is 5.58. The lowest BCUT2D eigenvalue weighted by Crippen LogP contribution is -2.50. The zero-order valence-corrected chi connectivity index (χ0v) is 15.5. The van der Waals surface area contributed by atoms with Gasteiger partial charge in [0.05, 0.1) is 5.75 Å². The maximum Gasteiger partial charge on any atom is 0.211 e. The van der Waals surface area contributed by atoms with E-state index in [2.05, 4.69) is 10.0 Å². The fourth-order valence-electron chi connectivity index (χ4n) is 2.80. The van der Waals surface area contributed by atoms with Crippen molar-refractivity contribution in [2.24, 2.45) is 5.92 Å². The van der Waals surface area contributed by atoms with Crippen LogP contribution in [0.15, 0.2) is 18.2 Å². The molecule has 8 heteroatoms. The van der Waals surface area contributed by atoms with Gasteiger partial charge in [-0.3, -0.25) is 0 Å². The van der Waals surface area contributed by atoms with Gasteiger partial charge < -0.3 is 5.32 Å². The predicted octanol–water partition coefficient (Wildman–Crippen LogP) is 2.80. The smallest absolute Gasteiger partial charge is 0.211 e. The first-order valence-electron chi connectivity index (χ1n) is 7.94. The quantitative estimate of drug-likeness (QED) is 0.795. The van der Waals surface area contributed by atoms with E-state index in [0.29, 0.717) is 37.4 Å². The lowest BCUT2D eigenvalue weighted by Gasteiger charge is -2.33. The molecular weight excluding hydrogens is 358 g/mol. The standard InChI is InChI=1S/C16H24F2N2O2S.ClH/c1-11(2)6-8-23(21,22)20-16-10-19-7-5-13(16)12-3-4-14(17)15(18)9-12;/h3-4,9,11,13,16,19-20H,5-8,10H2,1-2H3;1H. The van der Waals surface area contributed by atoms with Crippen molar-refractivity contribution in [3.63, 3.8) is 0 Å². The van der Waals surface area contributed by atoms with Crippen molar-refractivity contribution < 1.29 is 17.2 Å². The Kier molecular flexibility index (Phi) is 8.05. The van der Waals surface area contributed by atoms with Crippen LogP contribution in [0.1, 0.15) is 38.2 Å². The second-order valence-electron chi connectivity index (χ2n) is 6.50. The number of nitrogens with one attached hydrogen (secondary N) is 2. The summed E-state index contributed by atoms with van der Waals surface area (Å²) in [6.45, 7) is 5.14. The first kappa shape index (κ1) is 21.3. The van der Waals surface area contributed by atoms with Crippen LogP contribution in [0.5, 0.6) is 0 Å². The lowest BCUT2D eigenvalue weighted by molar-refractivity contribution is 0.375. The molecule has 2 rings (SSSR count). The van der Waals surface area contributed by atoms with Gasteiger partial charge in [0.25, 0.3) is 0 Å². The SMILES string of the molecule is CC(C)CCS(=O)(=O)NC1CNCCC1c1ccc(F)c(F)c1.Cl. The number of hydrogen-bond donors (Lipinski definition) is 2. The van der Waals surface area contributed by atoms with Crippen molar-refractivity contribution >= 4 is 22.4 Å². The molecule has 1 aromatic carbocycles. The highest BCUT2D eigenvalue weighted by Crippen LogP contribution is 2.27. The molecule has 0 bridgehead atoms. The molecule has 1 aliphatic rings. The normalized spacial score (nSPS) is 21.5. The molecule has 4 nitrogen and oxygen atoms in total. The van der Waals surface area contributed by atoms with Gasteiger partial charge in [-0.15, -0.1) is 12.4 Å². The summed E-state index contributed by atoms with van der Waals surface area (Å²) in [5.74, 6) is -1.58. The summed E-state index contributed by atoms with van der Waals surface area (Å²) in [6, 6.07) is 3.44. The van der Waals surface area contributed by atoms with E-state index in [0.717, 1.165) is 6.07 Å². The summed E-state index contributed by atoms with van der Waals surface area (Å²) < 4.78 is 53.8. The highest BCUT2D eigenvalue weighted by Gasteiger charge is 2.30. The number of benzene rings is 1. The number of rotatable bonds is 6.